The first-order valence-electron chi connectivity index (χ1n) is 5.21. The fourth-order valence-corrected chi connectivity index (χ4v) is 1.42. The molecule has 0 unspecified atom stereocenters. The van der Waals surface area contributed by atoms with Gasteiger partial charge in [0.1, 0.15) is 5.75 Å². The van der Waals surface area contributed by atoms with Crippen molar-refractivity contribution in [3.63, 3.8) is 0 Å². The summed E-state index contributed by atoms with van der Waals surface area (Å²) in [5, 5.41) is 0. The van der Waals surface area contributed by atoms with Gasteiger partial charge in [-0.15, -0.1) is 0 Å². The van der Waals surface area contributed by atoms with E-state index < -0.39 is 0 Å². The number of hydrogen-bond acceptors (Lipinski definition) is 2. The smallest absolute Gasteiger partial charge is 0.129 e. The van der Waals surface area contributed by atoms with Crippen LogP contribution in [-0.4, -0.2) is 19.7 Å². The minimum absolute atomic E-state index is 0.693. The van der Waals surface area contributed by atoms with Crippen LogP contribution in [0.4, 0.5) is 5.69 Å². The van der Waals surface area contributed by atoms with E-state index >= 15 is 0 Å². The van der Waals surface area contributed by atoms with Crippen LogP contribution in [0.15, 0.2) is 18.2 Å². The largest absolute Gasteiger partial charge is 0.493 e. The predicted molar refractivity (Wildman–Crippen MR) is 60.0 cm³/mol. The van der Waals surface area contributed by atoms with Gasteiger partial charge in [0, 0.05) is 18.8 Å². The molecule has 0 bridgehead atoms. The summed E-state index contributed by atoms with van der Waals surface area (Å²) in [5.41, 5.74) is 1.11. The molecule has 0 amide bonds. The highest BCUT2D eigenvalue weighted by molar-refractivity contribution is 5.49. The van der Waals surface area contributed by atoms with Gasteiger partial charge >= 0.3 is 0 Å². The lowest BCUT2D eigenvalue weighted by atomic mass is 10.2. The fraction of sp³-hybridized carbons (Fsp3) is 0.500. The maximum atomic E-state index is 5.40. The summed E-state index contributed by atoms with van der Waals surface area (Å²) in [6, 6.07) is 9.27. The van der Waals surface area contributed by atoms with E-state index in [1.165, 1.54) is 0 Å². The van der Waals surface area contributed by atoms with Crippen molar-refractivity contribution in [1.29, 1.82) is 0 Å². The summed E-state index contributed by atoms with van der Waals surface area (Å²) in [4.78, 5) is 2.25. The number of anilines is 1. The molecule has 1 aromatic rings. The lowest BCUT2D eigenvalue weighted by molar-refractivity contribution is 0.339. The number of hydrogen-bond donors (Lipinski definition) is 0. The van der Waals surface area contributed by atoms with Crippen LogP contribution in [0.1, 0.15) is 20.8 Å². The SMILES string of the molecule is CCOc1[c]c(N(CC)CC)ccc1. The van der Waals surface area contributed by atoms with Crippen molar-refractivity contribution in [3.05, 3.63) is 24.3 Å². The van der Waals surface area contributed by atoms with Crippen LogP contribution in [0.2, 0.25) is 0 Å². The number of nitrogens with zero attached hydrogens (tertiary/aromatic N) is 1. The molecule has 0 saturated carbocycles. The summed E-state index contributed by atoms with van der Waals surface area (Å²) in [6.07, 6.45) is 0. The van der Waals surface area contributed by atoms with Gasteiger partial charge in [0.05, 0.1) is 12.7 Å². The standard InChI is InChI=1S/C12H18NO/c1-4-13(5-2)11-8-7-9-12(10-11)14-6-3/h7-9H,4-6H2,1-3H3. The summed E-state index contributed by atoms with van der Waals surface area (Å²) < 4.78 is 5.40. The molecule has 2 heteroatoms. The van der Waals surface area contributed by atoms with Gasteiger partial charge in [-0.2, -0.15) is 0 Å². The summed E-state index contributed by atoms with van der Waals surface area (Å²) >= 11 is 0. The van der Waals surface area contributed by atoms with E-state index in [2.05, 4.69) is 30.9 Å². The molecule has 0 aliphatic carbocycles. The second kappa shape index (κ2) is 5.53. The quantitative estimate of drug-likeness (QED) is 0.711. The maximum Gasteiger partial charge on any atom is 0.129 e. The topological polar surface area (TPSA) is 12.5 Å². The molecular formula is C12H18NO. The lowest BCUT2D eigenvalue weighted by Crippen LogP contribution is -2.21. The van der Waals surface area contributed by atoms with Gasteiger partial charge in [0.2, 0.25) is 0 Å². The van der Waals surface area contributed by atoms with E-state index in [4.69, 9.17) is 4.74 Å². The Morgan fingerprint density at radius 2 is 1.93 bits per heavy atom. The van der Waals surface area contributed by atoms with E-state index in [0.29, 0.717) is 6.61 Å². The Balaban J connectivity index is 2.81. The minimum atomic E-state index is 0.693. The van der Waals surface area contributed by atoms with Crippen LogP contribution >= 0.6 is 0 Å². The first-order valence-corrected chi connectivity index (χ1v) is 5.21. The van der Waals surface area contributed by atoms with E-state index in [1.807, 2.05) is 19.1 Å². The van der Waals surface area contributed by atoms with E-state index in [9.17, 15) is 0 Å². The first-order chi connectivity index (χ1) is 6.81. The van der Waals surface area contributed by atoms with Gasteiger partial charge in [0.15, 0.2) is 0 Å². The Bertz CT molecular complexity index is 269. The number of rotatable bonds is 5. The zero-order valence-corrected chi connectivity index (χ0v) is 9.21. The summed E-state index contributed by atoms with van der Waals surface area (Å²) in [5.74, 6) is 0.830. The normalized spacial score (nSPS) is 9.93. The lowest BCUT2D eigenvalue weighted by Gasteiger charge is -2.20. The van der Waals surface area contributed by atoms with Crippen LogP contribution in [0.5, 0.6) is 5.75 Å². The third-order valence-electron chi connectivity index (χ3n) is 2.16. The Kier molecular flexibility index (Phi) is 4.30. The first kappa shape index (κ1) is 10.9. The molecule has 0 N–H and O–H groups in total. The van der Waals surface area contributed by atoms with Gasteiger partial charge < -0.3 is 9.64 Å². The number of benzene rings is 1. The third kappa shape index (κ3) is 2.66. The molecule has 1 radical (unpaired) electrons. The van der Waals surface area contributed by atoms with Crippen molar-refractivity contribution in [2.45, 2.75) is 20.8 Å². The van der Waals surface area contributed by atoms with Gasteiger partial charge in [0.25, 0.3) is 0 Å². The average molecular weight is 192 g/mol. The Hall–Kier alpha value is -1.18. The second-order valence-electron chi connectivity index (χ2n) is 3.01. The van der Waals surface area contributed by atoms with Crippen molar-refractivity contribution in [2.75, 3.05) is 24.6 Å². The van der Waals surface area contributed by atoms with Gasteiger partial charge in [-0.25, -0.2) is 0 Å². The highest BCUT2D eigenvalue weighted by Crippen LogP contribution is 2.19. The fourth-order valence-electron chi connectivity index (χ4n) is 1.42. The summed E-state index contributed by atoms with van der Waals surface area (Å²) in [7, 11) is 0. The molecular weight excluding hydrogens is 174 g/mol. The van der Waals surface area contributed by atoms with Crippen LogP contribution in [-0.2, 0) is 0 Å². The molecule has 1 rings (SSSR count). The van der Waals surface area contributed by atoms with Crippen LogP contribution in [0.25, 0.3) is 0 Å². The average Bonchev–Trinajstić information content (AvgIpc) is 2.21. The van der Waals surface area contributed by atoms with Crippen molar-refractivity contribution in [2.24, 2.45) is 0 Å². The molecule has 77 valence electrons. The van der Waals surface area contributed by atoms with Crippen molar-refractivity contribution < 1.29 is 4.74 Å². The zero-order chi connectivity index (χ0) is 10.4. The molecule has 0 aliphatic heterocycles. The monoisotopic (exact) mass is 192 g/mol. The van der Waals surface area contributed by atoms with Crippen molar-refractivity contribution in [3.8, 4) is 5.75 Å². The van der Waals surface area contributed by atoms with Crippen LogP contribution in [0, 0.1) is 6.07 Å². The summed E-state index contributed by atoms with van der Waals surface area (Å²) in [6.45, 7) is 8.97. The van der Waals surface area contributed by atoms with Gasteiger partial charge in [-0.1, -0.05) is 6.07 Å². The molecule has 0 aliphatic rings. The maximum absolute atomic E-state index is 5.40. The molecule has 0 heterocycles. The molecule has 2 nitrogen and oxygen atoms in total. The third-order valence-corrected chi connectivity index (χ3v) is 2.16. The highest BCUT2D eigenvalue weighted by atomic mass is 16.5. The Morgan fingerprint density at radius 3 is 2.50 bits per heavy atom. The Labute approximate surface area is 86.5 Å². The second-order valence-corrected chi connectivity index (χ2v) is 3.01. The molecule has 0 aromatic heterocycles. The molecule has 0 fully saturated rings. The number of ether oxygens (including phenoxy) is 1. The molecule has 14 heavy (non-hydrogen) atoms. The molecule has 0 saturated heterocycles. The zero-order valence-electron chi connectivity index (χ0n) is 9.21. The van der Waals surface area contributed by atoms with Crippen molar-refractivity contribution >= 4 is 5.69 Å². The van der Waals surface area contributed by atoms with E-state index in [1.54, 1.807) is 0 Å². The molecule has 0 atom stereocenters. The molecule has 0 spiro atoms. The van der Waals surface area contributed by atoms with E-state index in [0.717, 1.165) is 24.5 Å². The molecule has 1 aromatic carbocycles. The highest BCUT2D eigenvalue weighted by Gasteiger charge is 2.02. The van der Waals surface area contributed by atoms with Gasteiger partial charge in [-0.05, 0) is 32.9 Å². The van der Waals surface area contributed by atoms with Crippen LogP contribution in [0.3, 0.4) is 0 Å². The Morgan fingerprint density at radius 1 is 1.21 bits per heavy atom. The van der Waals surface area contributed by atoms with E-state index in [-0.39, 0.29) is 0 Å². The van der Waals surface area contributed by atoms with Crippen molar-refractivity contribution in [1.82, 2.24) is 0 Å². The van der Waals surface area contributed by atoms with Crippen LogP contribution < -0.4 is 9.64 Å². The minimum Gasteiger partial charge on any atom is -0.493 e. The van der Waals surface area contributed by atoms with Gasteiger partial charge in [-0.3, -0.25) is 0 Å². The predicted octanol–water partition coefficient (Wildman–Crippen LogP) is 2.73.